The monoisotopic (exact) mass is 388 g/mol. The van der Waals surface area contributed by atoms with Crippen LogP contribution in [-0.4, -0.2) is 12.9 Å². The summed E-state index contributed by atoms with van der Waals surface area (Å²) in [6.45, 7) is 0. The molecule has 0 radical (unpaired) electrons. The quantitative estimate of drug-likeness (QED) is 0.596. The molecule has 1 aromatic rings. The van der Waals surface area contributed by atoms with Crippen molar-refractivity contribution in [1.29, 1.82) is 0 Å². The number of nitrogens with two attached hydrogens (primary N) is 1. The van der Waals surface area contributed by atoms with Crippen LogP contribution in [0.4, 0.5) is 5.69 Å². The van der Waals surface area contributed by atoms with Crippen molar-refractivity contribution in [1.82, 2.24) is 0 Å². The van der Waals surface area contributed by atoms with Gasteiger partial charge in [0.15, 0.2) is 0 Å². The number of benzene rings is 1. The van der Waals surface area contributed by atoms with E-state index < -0.39 is 0 Å². The Morgan fingerprint density at radius 2 is 1.89 bits per heavy atom. The number of aliphatic imine (C=N–C) groups is 1. The number of hydrogen-bond acceptors (Lipinski definition) is 2. The molecule has 1 aromatic carbocycles. The number of ether oxygens (including phenoxy) is 1. The summed E-state index contributed by atoms with van der Waals surface area (Å²) in [4.78, 5) is 4.58. The molecule has 104 valence electrons. The molecular formula is C14H18Br2N2O. The van der Waals surface area contributed by atoms with Gasteiger partial charge in [-0.1, -0.05) is 19.3 Å². The molecule has 1 fully saturated rings. The SMILES string of the molecule is COc1cc(N=C(N)C2CCCCC2)c(Br)cc1Br. The van der Waals surface area contributed by atoms with Crippen molar-refractivity contribution < 1.29 is 4.74 Å². The molecule has 2 rings (SSSR count). The molecule has 5 heteroatoms. The van der Waals surface area contributed by atoms with Gasteiger partial charge in [0.2, 0.25) is 0 Å². The number of rotatable bonds is 3. The first kappa shape index (κ1) is 14.9. The van der Waals surface area contributed by atoms with E-state index in [0.717, 1.165) is 39.1 Å². The average molecular weight is 390 g/mol. The number of amidine groups is 1. The third-order valence-corrected chi connectivity index (χ3v) is 4.75. The molecular weight excluding hydrogens is 372 g/mol. The summed E-state index contributed by atoms with van der Waals surface area (Å²) < 4.78 is 7.11. The Morgan fingerprint density at radius 1 is 1.21 bits per heavy atom. The van der Waals surface area contributed by atoms with Crippen LogP contribution in [0.3, 0.4) is 0 Å². The van der Waals surface area contributed by atoms with E-state index in [0.29, 0.717) is 5.92 Å². The van der Waals surface area contributed by atoms with Gasteiger partial charge in [-0.05, 0) is 50.8 Å². The van der Waals surface area contributed by atoms with Gasteiger partial charge in [-0.15, -0.1) is 0 Å². The molecule has 1 aliphatic rings. The number of nitrogens with zero attached hydrogens (tertiary/aromatic N) is 1. The molecule has 0 spiro atoms. The molecule has 19 heavy (non-hydrogen) atoms. The molecule has 3 nitrogen and oxygen atoms in total. The normalized spacial score (nSPS) is 17.5. The van der Waals surface area contributed by atoms with Gasteiger partial charge in [-0.3, -0.25) is 0 Å². The highest BCUT2D eigenvalue weighted by Gasteiger charge is 2.17. The lowest BCUT2D eigenvalue weighted by Crippen LogP contribution is -2.25. The molecule has 0 aromatic heterocycles. The van der Waals surface area contributed by atoms with Gasteiger partial charge < -0.3 is 10.5 Å². The highest BCUT2D eigenvalue weighted by atomic mass is 79.9. The smallest absolute Gasteiger partial charge is 0.135 e. The summed E-state index contributed by atoms with van der Waals surface area (Å²) in [5.74, 6) is 1.93. The van der Waals surface area contributed by atoms with E-state index in [-0.39, 0.29) is 0 Å². The Hall–Kier alpha value is -0.550. The first-order valence-corrected chi connectivity index (χ1v) is 8.07. The minimum Gasteiger partial charge on any atom is -0.495 e. The Morgan fingerprint density at radius 3 is 2.53 bits per heavy atom. The first-order chi connectivity index (χ1) is 9.11. The fourth-order valence-electron chi connectivity index (χ4n) is 2.39. The third kappa shape index (κ3) is 3.72. The zero-order valence-electron chi connectivity index (χ0n) is 11.0. The lowest BCUT2D eigenvalue weighted by molar-refractivity contribution is 0.412. The molecule has 0 unspecified atom stereocenters. The van der Waals surface area contributed by atoms with Crippen molar-refractivity contribution >= 4 is 43.4 Å². The summed E-state index contributed by atoms with van der Waals surface area (Å²) in [6.07, 6.45) is 6.14. The summed E-state index contributed by atoms with van der Waals surface area (Å²) in [5.41, 5.74) is 6.98. The number of methoxy groups -OCH3 is 1. The molecule has 2 N–H and O–H groups in total. The van der Waals surface area contributed by atoms with Gasteiger partial charge in [0.25, 0.3) is 0 Å². The molecule has 0 heterocycles. The van der Waals surface area contributed by atoms with E-state index in [9.17, 15) is 0 Å². The third-order valence-electron chi connectivity index (χ3n) is 3.49. The Labute approximate surface area is 130 Å². The van der Waals surface area contributed by atoms with Crippen LogP contribution >= 0.6 is 31.9 Å². The molecule has 0 saturated heterocycles. The van der Waals surface area contributed by atoms with Crippen LogP contribution in [0.1, 0.15) is 32.1 Å². The molecule has 0 amide bonds. The van der Waals surface area contributed by atoms with Gasteiger partial charge in [0, 0.05) is 16.5 Å². The highest BCUT2D eigenvalue weighted by Crippen LogP contribution is 2.36. The second-order valence-electron chi connectivity index (χ2n) is 4.81. The van der Waals surface area contributed by atoms with Crippen LogP contribution in [0.15, 0.2) is 26.1 Å². The van der Waals surface area contributed by atoms with Gasteiger partial charge >= 0.3 is 0 Å². The van der Waals surface area contributed by atoms with E-state index in [1.807, 2.05) is 12.1 Å². The first-order valence-electron chi connectivity index (χ1n) is 6.49. The molecule has 1 aliphatic carbocycles. The summed E-state index contributed by atoms with van der Waals surface area (Å²) in [5, 5.41) is 0. The predicted molar refractivity (Wildman–Crippen MR) is 86.3 cm³/mol. The molecule has 1 saturated carbocycles. The van der Waals surface area contributed by atoms with Crippen LogP contribution < -0.4 is 10.5 Å². The highest BCUT2D eigenvalue weighted by molar-refractivity contribution is 9.11. The predicted octanol–water partition coefficient (Wildman–Crippen LogP) is 4.79. The zero-order chi connectivity index (χ0) is 13.8. The maximum Gasteiger partial charge on any atom is 0.135 e. The standard InChI is InChI=1S/C14H18Br2N2O/c1-19-13-8-12(10(15)7-11(13)16)18-14(17)9-5-3-2-4-6-9/h7-9H,2-6H2,1H3,(H2,17,18). The summed E-state index contributed by atoms with van der Waals surface area (Å²) in [7, 11) is 1.64. The fourth-order valence-corrected chi connectivity index (χ4v) is 3.63. The van der Waals surface area contributed by atoms with Gasteiger partial charge in [0.05, 0.1) is 17.3 Å². The van der Waals surface area contributed by atoms with E-state index in [1.54, 1.807) is 7.11 Å². The van der Waals surface area contributed by atoms with Crippen LogP contribution in [0.2, 0.25) is 0 Å². The molecule has 0 atom stereocenters. The number of halogens is 2. The Balaban J connectivity index is 2.25. The number of hydrogen-bond donors (Lipinski definition) is 1. The van der Waals surface area contributed by atoms with Gasteiger partial charge in [-0.25, -0.2) is 4.99 Å². The van der Waals surface area contributed by atoms with Crippen molar-refractivity contribution in [3.05, 3.63) is 21.1 Å². The molecule has 0 aliphatic heterocycles. The maximum absolute atomic E-state index is 6.16. The second kappa shape index (κ2) is 6.75. The Bertz CT molecular complexity index is 483. The fraction of sp³-hybridized carbons (Fsp3) is 0.500. The van der Waals surface area contributed by atoms with Gasteiger partial charge in [0.1, 0.15) is 11.6 Å². The molecule has 0 bridgehead atoms. The van der Waals surface area contributed by atoms with Crippen molar-refractivity contribution in [3.8, 4) is 5.75 Å². The maximum atomic E-state index is 6.16. The van der Waals surface area contributed by atoms with Crippen LogP contribution in [0.5, 0.6) is 5.75 Å². The zero-order valence-corrected chi connectivity index (χ0v) is 14.1. The van der Waals surface area contributed by atoms with Crippen LogP contribution in [0.25, 0.3) is 0 Å². The average Bonchev–Trinajstić information content (AvgIpc) is 2.42. The topological polar surface area (TPSA) is 47.6 Å². The lowest BCUT2D eigenvalue weighted by atomic mass is 9.88. The van der Waals surface area contributed by atoms with E-state index in [4.69, 9.17) is 10.5 Å². The van der Waals surface area contributed by atoms with Gasteiger partial charge in [-0.2, -0.15) is 0 Å². The van der Waals surface area contributed by atoms with Crippen LogP contribution in [0, 0.1) is 5.92 Å². The van der Waals surface area contributed by atoms with Crippen molar-refractivity contribution in [2.75, 3.05) is 7.11 Å². The van der Waals surface area contributed by atoms with E-state index in [1.165, 1.54) is 19.3 Å². The second-order valence-corrected chi connectivity index (χ2v) is 6.52. The van der Waals surface area contributed by atoms with Crippen LogP contribution in [-0.2, 0) is 0 Å². The largest absolute Gasteiger partial charge is 0.495 e. The lowest BCUT2D eigenvalue weighted by Gasteiger charge is -2.21. The Kier molecular flexibility index (Phi) is 5.28. The minimum atomic E-state index is 0.426. The van der Waals surface area contributed by atoms with Crippen molar-refractivity contribution in [2.24, 2.45) is 16.6 Å². The minimum absolute atomic E-state index is 0.426. The summed E-state index contributed by atoms with van der Waals surface area (Å²) >= 11 is 6.96. The van der Waals surface area contributed by atoms with Crippen molar-refractivity contribution in [2.45, 2.75) is 32.1 Å². The van der Waals surface area contributed by atoms with E-state index >= 15 is 0 Å². The summed E-state index contributed by atoms with van der Waals surface area (Å²) in [6, 6.07) is 3.83. The van der Waals surface area contributed by atoms with Crippen molar-refractivity contribution in [3.63, 3.8) is 0 Å². The van der Waals surface area contributed by atoms with E-state index in [2.05, 4.69) is 36.9 Å².